The lowest BCUT2D eigenvalue weighted by Crippen LogP contribution is -2.25. The second-order valence-corrected chi connectivity index (χ2v) is 8.08. The fourth-order valence-corrected chi connectivity index (χ4v) is 3.72. The number of Topliss-reactive ketones (excluding diaryl/α,β-unsaturated/α-hetero) is 4. The van der Waals surface area contributed by atoms with E-state index in [9.17, 15) is 28.8 Å². The third-order valence-electron chi connectivity index (χ3n) is 5.58. The molecule has 0 saturated carbocycles. The molecule has 1 amide bonds. The first-order chi connectivity index (χ1) is 17.2. The first-order valence-corrected chi connectivity index (χ1v) is 11.0. The zero-order valence-corrected chi connectivity index (χ0v) is 19.2. The predicted octanol–water partition coefficient (Wildman–Crippen LogP) is 3.89. The summed E-state index contributed by atoms with van der Waals surface area (Å²) in [4.78, 5) is 73.4. The SMILES string of the molecule is CC(=O)c1ccc(NC(=O)C(=O)CC(=O)c2ccccc2NC2=CC(=O)C(=O)c3ccccc32)cc1. The third kappa shape index (κ3) is 5.07. The van der Waals surface area contributed by atoms with Gasteiger partial charge < -0.3 is 10.6 Å². The first-order valence-electron chi connectivity index (χ1n) is 11.0. The van der Waals surface area contributed by atoms with Crippen LogP contribution in [0, 0.1) is 0 Å². The zero-order chi connectivity index (χ0) is 25.8. The minimum Gasteiger partial charge on any atom is -0.354 e. The second kappa shape index (κ2) is 10.1. The monoisotopic (exact) mass is 480 g/mol. The van der Waals surface area contributed by atoms with Crippen molar-refractivity contribution >= 4 is 51.9 Å². The molecule has 0 saturated heterocycles. The minimum atomic E-state index is -0.961. The quantitative estimate of drug-likeness (QED) is 0.285. The van der Waals surface area contributed by atoms with Gasteiger partial charge in [0.05, 0.1) is 12.1 Å². The zero-order valence-electron chi connectivity index (χ0n) is 19.2. The Morgan fingerprint density at radius 3 is 2.11 bits per heavy atom. The Bertz CT molecular complexity index is 1470. The molecule has 0 bridgehead atoms. The van der Waals surface area contributed by atoms with Gasteiger partial charge in [0, 0.05) is 39.7 Å². The van der Waals surface area contributed by atoms with Gasteiger partial charge in [-0.25, -0.2) is 0 Å². The smallest absolute Gasteiger partial charge is 0.292 e. The van der Waals surface area contributed by atoms with Gasteiger partial charge in [-0.2, -0.15) is 0 Å². The molecular weight excluding hydrogens is 460 g/mol. The maximum atomic E-state index is 12.9. The standard InChI is InChI=1S/C28H20N2O6/c1-16(31)17-10-12-18(13-11-17)29-28(36)26(34)15-24(32)21-8-4-5-9-22(21)30-23-14-25(33)27(35)20-7-3-2-6-19(20)23/h2-14,30H,15H2,1H3,(H,29,36). The Labute approximate surface area is 206 Å². The molecule has 0 radical (unpaired) electrons. The van der Waals surface area contributed by atoms with E-state index < -0.39 is 35.5 Å². The largest absolute Gasteiger partial charge is 0.354 e. The van der Waals surface area contributed by atoms with Gasteiger partial charge in [-0.15, -0.1) is 0 Å². The van der Waals surface area contributed by atoms with Gasteiger partial charge in [0.15, 0.2) is 11.6 Å². The van der Waals surface area contributed by atoms with E-state index >= 15 is 0 Å². The molecule has 0 heterocycles. The maximum Gasteiger partial charge on any atom is 0.292 e. The van der Waals surface area contributed by atoms with Crippen LogP contribution in [0.5, 0.6) is 0 Å². The van der Waals surface area contributed by atoms with Gasteiger partial charge in [0.25, 0.3) is 5.91 Å². The van der Waals surface area contributed by atoms with Gasteiger partial charge in [0.2, 0.25) is 17.3 Å². The molecule has 3 aromatic rings. The van der Waals surface area contributed by atoms with Gasteiger partial charge >= 0.3 is 0 Å². The topological polar surface area (TPSA) is 126 Å². The summed E-state index contributed by atoms with van der Waals surface area (Å²) in [5.74, 6) is -3.94. The number of carbonyl (C=O) groups excluding carboxylic acids is 6. The Hall–Kier alpha value is -4.98. The van der Waals surface area contributed by atoms with Crippen LogP contribution >= 0.6 is 0 Å². The summed E-state index contributed by atoms with van der Waals surface area (Å²) in [6.07, 6.45) is 0.491. The van der Waals surface area contributed by atoms with Crippen molar-refractivity contribution in [1.82, 2.24) is 0 Å². The number of hydrogen-bond donors (Lipinski definition) is 2. The lowest BCUT2D eigenvalue weighted by molar-refractivity contribution is -0.134. The van der Waals surface area contributed by atoms with Crippen LogP contribution in [0.1, 0.15) is 50.0 Å². The van der Waals surface area contributed by atoms with Crippen LogP contribution in [0.15, 0.2) is 78.9 Å². The summed E-state index contributed by atoms with van der Waals surface area (Å²) in [6.45, 7) is 1.41. The van der Waals surface area contributed by atoms with Crippen LogP contribution in [-0.2, 0) is 14.4 Å². The van der Waals surface area contributed by atoms with Crippen molar-refractivity contribution in [3.05, 3.63) is 101 Å². The van der Waals surface area contributed by atoms with E-state index in [1.54, 1.807) is 42.5 Å². The highest BCUT2D eigenvalue weighted by Crippen LogP contribution is 2.28. The van der Waals surface area contributed by atoms with E-state index in [0.717, 1.165) is 0 Å². The Balaban J connectivity index is 1.49. The van der Waals surface area contributed by atoms with Crippen LogP contribution in [0.2, 0.25) is 0 Å². The normalized spacial score (nSPS) is 12.3. The van der Waals surface area contributed by atoms with Gasteiger partial charge in [0.1, 0.15) is 0 Å². The number of anilines is 2. The summed E-state index contributed by atoms with van der Waals surface area (Å²) >= 11 is 0. The number of amides is 1. The Morgan fingerprint density at radius 2 is 1.42 bits per heavy atom. The molecule has 36 heavy (non-hydrogen) atoms. The fourth-order valence-electron chi connectivity index (χ4n) is 3.72. The molecule has 178 valence electrons. The highest BCUT2D eigenvalue weighted by Gasteiger charge is 2.26. The van der Waals surface area contributed by atoms with Crippen LogP contribution in [0.3, 0.4) is 0 Å². The number of ketones is 5. The maximum absolute atomic E-state index is 12.9. The fraction of sp³-hybridized carbons (Fsp3) is 0.0714. The van der Waals surface area contributed by atoms with Crippen LogP contribution in [0.4, 0.5) is 11.4 Å². The van der Waals surface area contributed by atoms with Crippen molar-refractivity contribution < 1.29 is 28.8 Å². The minimum absolute atomic E-state index is 0.134. The van der Waals surface area contributed by atoms with E-state index in [1.807, 2.05) is 0 Å². The number of nitrogens with one attached hydrogen (secondary N) is 2. The van der Waals surface area contributed by atoms with Gasteiger partial charge in [-0.1, -0.05) is 36.4 Å². The van der Waals surface area contributed by atoms with E-state index in [4.69, 9.17) is 0 Å². The molecule has 0 aliphatic heterocycles. The summed E-state index contributed by atoms with van der Waals surface area (Å²) in [5, 5.41) is 5.44. The van der Waals surface area contributed by atoms with Crippen molar-refractivity contribution in [3.63, 3.8) is 0 Å². The van der Waals surface area contributed by atoms with Crippen molar-refractivity contribution in [2.75, 3.05) is 10.6 Å². The van der Waals surface area contributed by atoms with Gasteiger partial charge in [-0.3, -0.25) is 28.8 Å². The number of fused-ring (bicyclic) bond motifs is 1. The van der Waals surface area contributed by atoms with E-state index in [0.29, 0.717) is 28.2 Å². The molecule has 0 atom stereocenters. The molecule has 0 aromatic heterocycles. The number of carbonyl (C=O) groups is 6. The van der Waals surface area contributed by atoms with Crippen LogP contribution < -0.4 is 10.6 Å². The van der Waals surface area contributed by atoms with E-state index in [1.165, 1.54) is 43.3 Å². The van der Waals surface area contributed by atoms with E-state index in [-0.39, 0.29) is 16.9 Å². The molecule has 3 aromatic carbocycles. The first kappa shape index (κ1) is 24.2. The van der Waals surface area contributed by atoms with E-state index in [2.05, 4.69) is 10.6 Å². The number of benzene rings is 3. The van der Waals surface area contributed by atoms with Crippen molar-refractivity contribution in [1.29, 1.82) is 0 Å². The Kier molecular flexibility index (Phi) is 6.78. The number of rotatable bonds is 8. The third-order valence-corrected chi connectivity index (χ3v) is 5.58. The summed E-state index contributed by atoms with van der Waals surface area (Å²) in [7, 11) is 0. The number of para-hydroxylation sites is 1. The van der Waals surface area contributed by atoms with Crippen molar-refractivity contribution in [2.24, 2.45) is 0 Å². The molecular formula is C28H20N2O6. The van der Waals surface area contributed by atoms with Crippen LogP contribution in [-0.4, -0.2) is 34.8 Å². The average Bonchev–Trinajstić information content (AvgIpc) is 2.87. The van der Waals surface area contributed by atoms with Crippen LogP contribution in [0.25, 0.3) is 5.70 Å². The van der Waals surface area contributed by atoms with Gasteiger partial charge in [-0.05, 0) is 43.3 Å². The number of allylic oxidation sites excluding steroid dienone is 1. The molecule has 0 spiro atoms. The molecule has 2 N–H and O–H groups in total. The average molecular weight is 480 g/mol. The number of hydrogen-bond acceptors (Lipinski definition) is 7. The van der Waals surface area contributed by atoms with Crippen molar-refractivity contribution in [2.45, 2.75) is 13.3 Å². The van der Waals surface area contributed by atoms with Crippen molar-refractivity contribution in [3.8, 4) is 0 Å². The molecule has 8 heteroatoms. The summed E-state index contributed by atoms with van der Waals surface area (Å²) < 4.78 is 0. The molecule has 1 aliphatic rings. The lowest BCUT2D eigenvalue weighted by Gasteiger charge is -2.19. The lowest BCUT2D eigenvalue weighted by atomic mass is 9.92. The second-order valence-electron chi connectivity index (χ2n) is 8.08. The summed E-state index contributed by atoms with van der Waals surface area (Å²) in [6, 6.07) is 19.0. The Morgan fingerprint density at radius 1 is 0.778 bits per heavy atom. The molecule has 8 nitrogen and oxygen atoms in total. The predicted molar refractivity (Wildman–Crippen MR) is 133 cm³/mol. The highest BCUT2D eigenvalue weighted by molar-refractivity contribution is 6.50. The molecule has 0 fully saturated rings. The summed E-state index contributed by atoms with van der Waals surface area (Å²) in [5.41, 5.74) is 2.34. The highest BCUT2D eigenvalue weighted by atomic mass is 16.2. The molecule has 1 aliphatic carbocycles. The molecule has 0 unspecified atom stereocenters. The molecule has 4 rings (SSSR count).